The maximum atomic E-state index is 2.49. The van der Waals surface area contributed by atoms with Crippen LogP contribution in [-0.4, -0.2) is 9.13 Å². The number of thiophene rings is 1. The van der Waals surface area contributed by atoms with Gasteiger partial charge in [-0.15, -0.1) is 11.3 Å². The van der Waals surface area contributed by atoms with Crippen molar-refractivity contribution in [1.29, 1.82) is 0 Å². The normalized spacial score (nSPS) is 12.3. The number of hydrogen-bond donors (Lipinski definition) is 0. The summed E-state index contributed by atoms with van der Waals surface area (Å²) in [4.78, 5) is 0. The van der Waals surface area contributed by atoms with Crippen molar-refractivity contribution in [2.24, 2.45) is 0 Å². The van der Waals surface area contributed by atoms with Gasteiger partial charge < -0.3 is 9.13 Å². The molecule has 0 saturated heterocycles. The lowest BCUT2D eigenvalue weighted by Crippen LogP contribution is -1.95. The van der Waals surface area contributed by atoms with E-state index in [0.717, 1.165) is 0 Å². The summed E-state index contributed by atoms with van der Waals surface area (Å²) < 4.78 is 7.59. The minimum Gasteiger partial charge on any atom is -0.309 e. The molecule has 0 radical (unpaired) electrons. The van der Waals surface area contributed by atoms with Gasteiger partial charge in [0, 0.05) is 58.5 Å². The molecule has 4 heterocycles. The average molecular weight is 665 g/mol. The van der Waals surface area contributed by atoms with Crippen molar-refractivity contribution < 1.29 is 0 Å². The monoisotopic (exact) mass is 664 g/mol. The Bertz CT molecular complexity index is 3260. The van der Waals surface area contributed by atoms with Gasteiger partial charge in [0.25, 0.3) is 0 Å². The molecular weight excluding hydrogens is 637 g/mol. The Kier molecular flexibility index (Phi) is 5.41. The molecule has 0 bridgehead atoms. The summed E-state index contributed by atoms with van der Waals surface area (Å²) in [5.41, 5.74) is 14.9. The molecule has 2 nitrogen and oxygen atoms in total. The van der Waals surface area contributed by atoms with Gasteiger partial charge in [0.2, 0.25) is 0 Å². The minimum atomic E-state index is 1.19. The molecule has 236 valence electrons. The SMILES string of the molecule is c1ccc2c(c1)-c1ccccc1-n1c3ccccc3c3cc(-c4ccc5c(c4)c4ccccc4n5-c4ccc5sc6ccccc6c5c4)cc-2c31. The number of aromatic nitrogens is 2. The molecule has 0 spiro atoms. The first kappa shape index (κ1) is 27.4. The molecule has 3 aromatic heterocycles. The standard InChI is InChI=1S/C48H28N2S/c1-2-12-33-32(11-1)34-13-3-8-18-43(34)50-44-19-9-5-15-36(44)41-27-30(26-40(33)48(41)50)29-21-23-45-38(25-29)35-14-4-7-17-42(35)49(45)31-22-24-47-39(28-31)37-16-6-10-20-46(37)51-47/h1-28H. The van der Waals surface area contributed by atoms with E-state index in [-0.39, 0.29) is 0 Å². The summed E-state index contributed by atoms with van der Waals surface area (Å²) in [5, 5.41) is 7.72. The highest BCUT2D eigenvalue weighted by molar-refractivity contribution is 7.25. The highest BCUT2D eigenvalue weighted by Crippen LogP contribution is 2.48. The molecule has 1 aliphatic heterocycles. The van der Waals surface area contributed by atoms with Gasteiger partial charge in [-0.2, -0.15) is 0 Å². The van der Waals surface area contributed by atoms with Crippen LogP contribution in [0, 0.1) is 0 Å². The number of hydrogen-bond acceptors (Lipinski definition) is 1. The van der Waals surface area contributed by atoms with E-state index in [2.05, 4.69) is 179 Å². The molecule has 0 atom stereocenters. The number of benzene rings is 8. The summed E-state index contributed by atoms with van der Waals surface area (Å²) in [7, 11) is 0. The predicted molar refractivity (Wildman–Crippen MR) is 218 cm³/mol. The van der Waals surface area contributed by atoms with Gasteiger partial charge in [-0.3, -0.25) is 0 Å². The third-order valence-electron chi connectivity index (χ3n) is 11.0. The van der Waals surface area contributed by atoms with Gasteiger partial charge in [-0.25, -0.2) is 0 Å². The van der Waals surface area contributed by atoms with Crippen LogP contribution in [0.5, 0.6) is 0 Å². The Morgan fingerprint density at radius 3 is 1.78 bits per heavy atom. The topological polar surface area (TPSA) is 9.86 Å². The second kappa shape index (κ2) is 10.1. The molecule has 8 aromatic carbocycles. The smallest absolute Gasteiger partial charge is 0.0620 e. The van der Waals surface area contributed by atoms with E-state index in [1.807, 2.05) is 11.3 Å². The Hall–Kier alpha value is -6.42. The first-order valence-corrected chi connectivity index (χ1v) is 18.3. The van der Waals surface area contributed by atoms with Crippen LogP contribution in [0.1, 0.15) is 0 Å². The van der Waals surface area contributed by atoms with Gasteiger partial charge in [0.1, 0.15) is 0 Å². The second-order valence-corrected chi connectivity index (χ2v) is 14.8. The molecule has 0 N–H and O–H groups in total. The zero-order chi connectivity index (χ0) is 33.2. The molecule has 0 saturated carbocycles. The molecule has 1 aliphatic rings. The number of fused-ring (bicyclic) bond motifs is 14. The molecule has 0 aliphatic carbocycles. The van der Waals surface area contributed by atoms with E-state index >= 15 is 0 Å². The Morgan fingerprint density at radius 1 is 0.333 bits per heavy atom. The van der Waals surface area contributed by atoms with E-state index in [0.29, 0.717) is 0 Å². The van der Waals surface area contributed by atoms with E-state index in [1.54, 1.807) is 0 Å². The fourth-order valence-corrected chi connectivity index (χ4v) is 9.94. The molecule has 0 unspecified atom stereocenters. The first-order valence-electron chi connectivity index (χ1n) is 17.5. The van der Waals surface area contributed by atoms with Gasteiger partial charge in [-0.1, -0.05) is 103 Å². The van der Waals surface area contributed by atoms with E-state index in [1.165, 1.54) is 109 Å². The van der Waals surface area contributed by atoms with Crippen LogP contribution in [0.15, 0.2) is 170 Å². The molecule has 3 heteroatoms. The fourth-order valence-electron chi connectivity index (χ4n) is 8.85. The largest absolute Gasteiger partial charge is 0.309 e. The Morgan fingerprint density at radius 2 is 0.941 bits per heavy atom. The highest BCUT2D eigenvalue weighted by atomic mass is 32.1. The van der Waals surface area contributed by atoms with E-state index in [9.17, 15) is 0 Å². The van der Waals surface area contributed by atoms with Crippen LogP contribution < -0.4 is 0 Å². The van der Waals surface area contributed by atoms with Crippen molar-refractivity contribution >= 4 is 75.1 Å². The first-order chi connectivity index (χ1) is 25.3. The number of nitrogens with zero attached hydrogens (tertiary/aromatic N) is 2. The molecule has 51 heavy (non-hydrogen) atoms. The fraction of sp³-hybridized carbons (Fsp3) is 0. The van der Waals surface area contributed by atoms with Crippen molar-refractivity contribution in [3.05, 3.63) is 170 Å². The van der Waals surface area contributed by atoms with Crippen LogP contribution in [0.2, 0.25) is 0 Å². The summed E-state index contributed by atoms with van der Waals surface area (Å²) in [6, 6.07) is 63.1. The van der Waals surface area contributed by atoms with E-state index in [4.69, 9.17) is 0 Å². The highest BCUT2D eigenvalue weighted by Gasteiger charge is 2.25. The lowest BCUT2D eigenvalue weighted by molar-refractivity contribution is 1.19. The second-order valence-electron chi connectivity index (χ2n) is 13.7. The zero-order valence-electron chi connectivity index (χ0n) is 27.5. The summed E-state index contributed by atoms with van der Waals surface area (Å²) in [6.07, 6.45) is 0. The quantitative estimate of drug-likeness (QED) is 0.174. The molecule has 11 aromatic rings. The van der Waals surface area contributed by atoms with Crippen LogP contribution in [0.25, 0.3) is 109 Å². The molecule has 0 amide bonds. The predicted octanol–water partition coefficient (Wildman–Crippen LogP) is 13.6. The summed E-state index contributed by atoms with van der Waals surface area (Å²) >= 11 is 1.87. The number of para-hydroxylation sites is 3. The van der Waals surface area contributed by atoms with Crippen molar-refractivity contribution in [3.8, 4) is 44.8 Å². The third kappa shape index (κ3) is 3.71. The molecule has 0 fully saturated rings. The van der Waals surface area contributed by atoms with Gasteiger partial charge >= 0.3 is 0 Å². The van der Waals surface area contributed by atoms with Crippen LogP contribution in [0.4, 0.5) is 0 Å². The minimum absolute atomic E-state index is 1.19. The van der Waals surface area contributed by atoms with Crippen molar-refractivity contribution in [2.75, 3.05) is 0 Å². The van der Waals surface area contributed by atoms with Crippen molar-refractivity contribution in [2.45, 2.75) is 0 Å². The zero-order valence-corrected chi connectivity index (χ0v) is 28.3. The lowest BCUT2D eigenvalue weighted by atomic mass is 9.91. The maximum absolute atomic E-state index is 2.49. The third-order valence-corrected chi connectivity index (χ3v) is 12.2. The van der Waals surface area contributed by atoms with Crippen LogP contribution in [0.3, 0.4) is 0 Å². The summed E-state index contributed by atoms with van der Waals surface area (Å²) in [6.45, 7) is 0. The Balaban J connectivity index is 1.13. The molecular formula is C48H28N2S. The van der Waals surface area contributed by atoms with Crippen LogP contribution >= 0.6 is 11.3 Å². The van der Waals surface area contributed by atoms with Crippen molar-refractivity contribution in [3.63, 3.8) is 0 Å². The average Bonchev–Trinajstić information content (AvgIpc) is 3.82. The van der Waals surface area contributed by atoms with Crippen molar-refractivity contribution in [1.82, 2.24) is 9.13 Å². The van der Waals surface area contributed by atoms with Crippen LogP contribution in [-0.2, 0) is 0 Å². The summed E-state index contributed by atoms with van der Waals surface area (Å²) in [5.74, 6) is 0. The molecule has 12 rings (SSSR count). The Labute approximate surface area is 297 Å². The van der Waals surface area contributed by atoms with Gasteiger partial charge in [0.15, 0.2) is 0 Å². The maximum Gasteiger partial charge on any atom is 0.0620 e. The lowest BCUT2D eigenvalue weighted by Gasteiger charge is -2.12. The number of rotatable bonds is 2. The van der Waals surface area contributed by atoms with Gasteiger partial charge in [-0.05, 0) is 89.0 Å². The van der Waals surface area contributed by atoms with Gasteiger partial charge in [0.05, 0.1) is 27.8 Å². The van der Waals surface area contributed by atoms with E-state index < -0.39 is 0 Å².